The molecule has 1 heterocycles. The summed E-state index contributed by atoms with van der Waals surface area (Å²) in [5.41, 5.74) is 1.98. The van der Waals surface area contributed by atoms with Gasteiger partial charge in [0.2, 0.25) is 0 Å². The van der Waals surface area contributed by atoms with Gasteiger partial charge in [0.1, 0.15) is 11.9 Å². The van der Waals surface area contributed by atoms with E-state index in [9.17, 15) is 14.7 Å². The topological polar surface area (TPSA) is 63.6 Å². The number of ketones is 1. The number of fused-ring (bicyclic) bond motifs is 7. The minimum absolute atomic E-state index is 0.000202. The fourth-order valence-electron chi connectivity index (χ4n) is 9.80. The van der Waals surface area contributed by atoms with Gasteiger partial charge in [0.25, 0.3) is 0 Å². The van der Waals surface area contributed by atoms with Crippen LogP contribution in [0.4, 0.5) is 0 Å². The normalized spacial score (nSPS) is 48.8. The third-order valence-electron chi connectivity index (χ3n) is 11.6. The first-order chi connectivity index (χ1) is 15.8. The summed E-state index contributed by atoms with van der Waals surface area (Å²) < 4.78 is 6.07. The fourth-order valence-corrected chi connectivity index (χ4v) is 9.80. The molecule has 0 radical (unpaired) electrons. The van der Waals surface area contributed by atoms with Crippen molar-refractivity contribution in [1.29, 1.82) is 0 Å². The third-order valence-corrected chi connectivity index (χ3v) is 11.6. The van der Waals surface area contributed by atoms with Gasteiger partial charge in [0.15, 0.2) is 0 Å². The Morgan fingerprint density at radius 3 is 2.53 bits per heavy atom. The maximum absolute atomic E-state index is 12.9. The van der Waals surface area contributed by atoms with Crippen LogP contribution < -0.4 is 0 Å². The van der Waals surface area contributed by atoms with E-state index in [0.717, 1.165) is 38.5 Å². The molecule has 9 atom stereocenters. The molecule has 0 spiro atoms. The second-order valence-electron chi connectivity index (χ2n) is 13.8. The average molecular weight is 469 g/mol. The van der Waals surface area contributed by atoms with E-state index in [2.05, 4.69) is 46.8 Å². The number of Topliss-reactive ketones (excluding diaryl/α,β-unsaturated/α-hetero) is 1. The van der Waals surface area contributed by atoms with Gasteiger partial charge < -0.3 is 9.84 Å². The quantitative estimate of drug-likeness (QED) is 0.406. The molecule has 0 aromatic carbocycles. The van der Waals surface area contributed by atoms with Crippen molar-refractivity contribution in [2.24, 2.45) is 45.3 Å². The van der Waals surface area contributed by atoms with E-state index >= 15 is 0 Å². The second kappa shape index (κ2) is 7.54. The largest absolute Gasteiger partial charge is 0.462 e. The van der Waals surface area contributed by atoms with Crippen molar-refractivity contribution < 1.29 is 19.4 Å². The fraction of sp³-hybridized carbons (Fsp3) is 0.800. The van der Waals surface area contributed by atoms with Crippen LogP contribution in [0.15, 0.2) is 23.3 Å². The highest BCUT2D eigenvalue weighted by molar-refractivity contribution is 5.85. The van der Waals surface area contributed by atoms with Crippen molar-refractivity contribution in [3.8, 4) is 0 Å². The molecule has 1 unspecified atom stereocenters. The number of ether oxygens (including phenoxy) is 1. The van der Waals surface area contributed by atoms with Crippen LogP contribution in [-0.4, -0.2) is 29.1 Å². The van der Waals surface area contributed by atoms with Crippen LogP contribution in [0, 0.1) is 45.3 Å². The molecule has 1 N–H and O–H groups in total. The molecule has 0 aromatic rings. The minimum atomic E-state index is -0.605. The van der Waals surface area contributed by atoms with Gasteiger partial charge in [-0.15, -0.1) is 0 Å². The lowest BCUT2D eigenvalue weighted by Gasteiger charge is -2.63. The maximum Gasteiger partial charge on any atom is 0.309 e. The highest BCUT2D eigenvalue weighted by Gasteiger charge is 2.71. The maximum atomic E-state index is 12.9. The van der Waals surface area contributed by atoms with Crippen LogP contribution in [0.1, 0.15) is 93.4 Å². The lowest BCUT2D eigenvalue weighted by molar-refractivity contribution is -0.157. The molecule has 5 aliphatic rings. The Balaban J connectivity index is 1.53. The number of hydrogen-bond donors (Lipinski definition) is 1. The van der Waals surface area contributed by atoms with Crippen molar-refractivity contribution in [2.75, 3.05) is 0 Å². The Labute approximate surface area is 205 Å². The Kier molecular flexibility index (Phi) is 5.39. The van der Waals surface area contributed by atoms with Crippen LogP contribution in [-0.2, 0) is 14.3 Å². The zero-order valence-corrected chi connectivity index (χ0v) is 22.2. The number of allylic oxidation sites excluding steroid dienone is 3. The van der Waals surface area contributed by atoms with E-state index in [1.807, 2.05) is 13.8 Å². The Bertz CT molecular complexity index is 970. The lowest BCUT2D eigenvalue weighted by atomic mass is 9.40. The number of carbonyl (C=O) groups is 2. The number of rotatable bonds is 3. The van der Waals surface area contributed by atoms with Gasteiger partial charge in [-0.2, -0.15) is 0 Å². The predicted octanol–water partition coefficient (Wildman–Crippen LogP) is 6.03. The SMILES string of the molecule is CC(C)=CCC[C@H]1C(=O)O[C@H]2C[C@]3(C)C4=C[C@H](O)[C@H]5C(C)(C)C(=O)CC[C@]5(C)C4CC[C@@]3(C)[C@@H]21. The molecule has 188 valence electrons. The smallest absolute Gasteiger partial charge is 0.309 e. The van der Waals surface area contributed by atoms with Crippen LogP contribution in [0.25, 0.3) is 0 Å². The van der Waals surface area contributed by atoms with Crippen molar-refractivity contribution in [2.45, 2.75) is 106 Å². The summed E-state index contributed by atoms with van der Waals surface area (Å²) in [4.78, 5) is 25.8. The van der Waals surface area contributed by atoms with Crippen molar-refractivity contribution >= 4 is 11.8 Å². The molecule has 5 rings (SSSR count). The highest BCUT2D eigenvalue weighted by Crippen LogP contribution is 2.74. The summed E-state index contributed by atoms with van der Waals surface area (Å²) in [6, 6.07) is 0. The Hall–Kier alpha value is -1.42. The van der Waals surface area contributed by atoms with Crippen LogP contribution in [0.3, 0.4) is 0 Å². The first-order valence-corrected chi connectivity index (χ1v) is 13.5. The van der Waals surface area contributed by atoms with Gasteiger partial charge >= 0.3 is 5.97 Å². The van der Waals surface area contributed by atoms with E-state index in [4.69, 9.17) is 4.74 Å². The molecule has 34 heavy (non-hydrogen) atoms. The van der Waals surface area contributed by atoms with E-state index in [1.54, 1.807) is 0 Å². The number of aliphatic hydroxyl groups excluding tert-OH is 1. The summed E-state index contributed by atoms with van der Waals surface area (Å²) in [6.45, 7) is 15.4. The zero-order chi connectivity index (χ0) is 24.8. The van der Waals surface area contributed by atoms with Gasteiger partial charge in [-0.05, 0) is 74.5 Å². The van der Waals surface area contributed by atoms with Crippen LogP contribution in [0.5, 0.6) is 0 Å². The Morgan fingerprint density at radius 2 is 1.85 bits per heavy atom. The molecule has 4 aliphatic carbocycles. The first kappa shape index (κ1) is 24.3. The van der Waals surface area contributed by atoms with Gasteiger partial charge in [-0.3, -0.25) is 9.59 Å². The summed E-state index contributed by atoms with van der Waals surface area (Å²) in [5.74, 6) is 0.833. The molecule has 0 bridgehead atoms. The second-order valence-corrected chi connectivity index (χ2v) is 13.8. The van der Waals surface area contributed by atoms with E-state index in [1.165, 1.54) is 11.1 Å². The number of esters is 1. The van der Waals surface area contributed by atoms with E-state index in [-0.39, 0.29) is 46.1 Å². The molecular formula is C30H44O4. The minimum Gasteiger partial charge on any atom is -0.462 e. The van der Waals surface area contributed by atoms with Gasteiger partial charge in [0, 0.05) is 23.7 Å². The Morgan fingerprint density at radius 1 is 1.15 bits per heavy atom. The molecule has 4 nitrogen and oxygen atoms in total. The predicted molar refractivity (Wildman–Crippen MR) is 133 cm³/mol. The summed E-state index contributed by atoms with van der Waals surface area (Å²) in [5, 5.41) is 11.5. The molecule has 1 aliphatic heterocycles. The van der Waals surface area contributed by atoms with E-state index in [0.29, 0.717) is 18.1 Å². The molecule has 4 heteroatoms. The van der Waals surface area contributed by atoms with Crippen molar-refractivity contribution in [1.82, 2.24) is 0 Å². The number of carbonyl (C=O) groups excluding carboxylic acids is 2. The van der Waals surface area contributed by atoms with E-state index < -0.39 is 11.5 Å². The lowest BCUT2D eigenvalue weighted by Crippen LogP contribution is -2.61. The molecule has 3 saturated carbocycles. The molecule has 0 amide bonds. The van der Waals surface area contributed by atoms with Crippen molar-refractivity contribution in [3.63, 3.8) is 0 Å². The monoisotopic (exact) mass is 468 g/mol. The first-order valence-electron chi connectivity index (χ1n) is 13.5. The van der Waals surface area contributed by atoms with Gasteiger partial charge in [0.05, 0.1) is 12.0 Å². The summed E-state index contributed by atoms with van der Waals surface area (Å²) in [6.07, 6.45) is 10.0. The van der Waals surface area contributed by atoms with Crippen molar-refractivity contribution in [3.05, 3.63) is 23.3 Å². The number of hydrogen-bond acceptors (Lipinski definition) is 4. The molecular weight excluding hydrogens is 424 g/mol. The standard InChI is InChI=1S/C30H44O4/c1-17(2)9-8-10-18-24-22(34-26(18)33)16-30(7)20-15-21(31)25-27(3,4)23(32)12-13-28(25,5)19(20)11-14-29(24,30)6/h9,15,18-19,21-22,24-25,31H,8,10-14,16H2,1-7H3/t18-,19?,21+,22+,24-,25+,28-,29+,30-/m1/s1. The van der Waals surface area contributed by atoms with Crippen LogP contribution in [0.2, 0.25) is 0 Å². The number of aliphatic hydroxyl groups is 1. The summed E-state index contributed by atoms with van der Waals surface area (Å²) in [7, 11) is 0. The molecule has 0 aromatic heterocycles. The van der Waals surface area contributed by atoms with Crippen LogP contribution >= 0.6 is 0 Å². The van der Waals surface area contributed by atoms with Gasteiger partial charge in [-0.25, -0.2) is 0 Å². The third kappa shape index (κ3) is 2.99. The van der Waals surface area contributed by atoms with Gasteiger partial charge in [-0.1, -0.05) is 57.9 Å². The average Bonchev–Trinajstić information content (AvgIpc) is 3.15. The molecule has 4 fully saturated rings. The highest BCUT2D eigenvalue weighted by atomic mass is 16.6. The zero-order valence-electron chi connectivity index (χ0n) is 22.2. The summed E-state index contributed by atoms with van der Waals surface area (Å²) >= 11 is 0. The molecule has 1 saturated heterocycles.